The Balaban J connectivity index is 1.87. The third-order valence-corrected chi connectivity index (χ3v) is 4.39. The third kappa shape index (κ3) is 6.60. The zero-order chi connectivity index (χ0) is 18.8. The molecule has 0 aromatic heterocycles. The van der Waals surface area contributed by atoms with Gasteiger partial charge >= 0.3 is 5.97 Å². The Bertz CT molecular complexity index is 738. The molecule has 6 nitrogen and oxygen atoms in total. The van der Waals surface area contributed by atoms with Gasteiger partial charge < -0.3 is 15.4 Å². The van der Waals surface area contributed by atoms with E-state index in [0.717, 1.165) is 4.90 Å². The van der Waals surface area contributed by atoms with Crippen LogP contribution in [0.1, 0.15) is 6.42 Å². The first-order valence-electron chi connectivity index (χ1n) is 8.03. The van der Waals surface area contributed by atoms with Crippen molar-refractivity contribution in [3.05, 3.63) is 60.7 Å². The van der Waals surface area contributed by atoms with Gasteiger partial charge in [-0.25, -0.2) is 0 Å². The number of primary amides is 1. The van der Waals surface area contributed by atoms with Crippen LogP contribution in [0.4, 0.5) is 5.69 Å². The first-order chi connectivity index (χ1) is 12.6. The number of esters is 1. The summed E-state index contributed by atoms with van der Waals surface area (Å²) in [7, 11) is 0. The van der Waals surface area contributed by atoms with Gasteiger partial charge in [0, 0.05) is 23.5 Å². The van der Waals surface area contributed by atoms with E-state index in [1.165, 1.54) is 16.7 Å². The molecule has 2 rings (SSSR count). The Hall–Kier alpha value is -2.80. The highest BCUT2D eigenvalue weighted by atomic mass is 32.2. The van der Waals surface area contributed by atoms with Gasteiger partial charge in [-0.05, 0) is 24.3 Å². The predicted octanol–water partition coefficient (Wildman–Crippen LogP) is 2.23. The lowest BCUT2D eigenvalue weighted by atomic mass is 10.2. The normalized spacial score (nSPS) is 10.2. The SMILES string of the molecule is NC(=O)CCN(C(=O)COC(=O)CSc1ccccc1)c1ccccc1. The summed E-state index contributed by atoms with van der Waals surface area (Å²) in [6.45, 7) is -0.254. The number of hydrogen-bond acceptors (Lipinski definition) is 5. The molecule has 0 aliphatic carbocycles. The fraction of sp³-hybridized carbons (Fsp3) is 0.211. The Morgan fingerprint density at radius 2 is 1.58 bits per heavy atom. The second kappa shape index (κ2) is 10.2. The molecule has 2 amide bonds. The number of anilines is 1. The summed E-state index contributed by atoms with van der Waals surface area (Å²) in [5.41, 5.74) is 5.79. The Kier molecular flexibility index (Phi) is 7.70. The molecule has 0 bridgehead atoms. The molecule has 0 saturated heterocycles. The maximum atomic E-state index is 12.4. The molecule has 0 unspecified atom stereocenters. The number of nitrogens with two attached hydrogens (primary N) is 1. The fourth-order valence-electron chi connectivity index (χ4n) is 2.15. The molecule has 0 atom stereocenters. The number of rotatable bonds is 9. The number of carbonyl (C=O) groups is 3. The second-order valence-electron chi connectivity index (χ2n) is 5.36. The molecule has 2 N–H and O–H groups in total. The average molecular weight is 372 g/mol. The van der Waals surface area contributed by atoms with Crippen molar-refractivity contribution in [1.82, 2.24) is 0 Å². The minimum absolute atomic E-state index is 0.0262. The number of benzene rings is 2. The van der Waals surface area contributed by atoms with Crippen molar-refractivity contribution in [3.63, 3.8) is 0 Å². The zero-order valence-electron chi connectivity index (χ0n) is 14.2. The molecule has 0 spiro atoms. The van der Waals surface area contributed by atoms with E-state index in [1.54, 1.807) is 24.3 Å². The van der Waals surface area contributed by atoms with Crippen LogP contribution in [0.2, 0.25) is 0 Å². The summed E-state index contributed by atoms with van der Waals surface area (Å²) < 4.78 is 5.07. The van der Waals surface area contributed by atoms with Gasteiger partial charge in [0.05, 0.1) is 5.75 Å². The smallest absolute Gasteiger partial charge is 0.316 e. The minimum Gasteiger partial charge on any atom is -0.455 e. The van der Waals surface area contributed by atoms with Crippen LogP contribution in [-0.2, 0) is 19.1 Å². The fourth-order valence-corrected chi connectivity index (χ4v) is 2.87. The zero-order valence-corrected chi connectivity index (χ0v) is 15.0. The van der Waals surface area contributed by atoms with Crippen molar-refractivity contribution >= 4 is 35.2 Å². The van der Waals surface area contributed by atoms with E-state index in [4.69, 9.17) is 10.5 Å². The van der Waals surface area contributed by atoms with Gasteiger partial charge in [-0.15, -0.1) is 11.8 Å². The van der Waals surface area contributed by atoms with Gasteiger partial charge in [0.2, 0.25) is 5.91 Å². The Morgan fingerprint density at radius 3 is 2.19 bits per heavy atom. The number of amides is 2. The van der Waals surface area contributed by atoms with Crippen LogP contribution in [0.5, 0.6) is 0 Å². The van der Waals surface area contributed by atoms with E-state index < -0.39 is 17.8 Å². The number of hydrogen-bond donors (Lipinski definition) is 1. The van der Waals surface area contributed by atoms with E-state index >= 15 is 0 Å². The van der Waals surface area contributed by atoms with Gasteiger partial charge in [0.25, 0.3) is 5.91 Å². The number of carbonyl (C=O) groups excluding carboxylic acids is 3. The van der Waals surface area contributed by atoms with Crippen LogP contribution in [0, 0.1) is 0 Å². The summed E-state index contributed by atoms with van der Waals surface area (Å²) in [4.78, 5) is 37.7. The molecule has 26 heavy (non-hydrogen) atoms. The van der Waals surface area contributed by atoms with Gasteiger partial charge in [-0.3, -0.25) is 14.4 Å². The number of para-hydroxylation sites is 1. The number of thioether (sulfide) groups is 1. The van der Waals surface area contributed by atoms with Crippen molar-refractivity contribution in [3.8, 4) is 0 Å². The largest absolute Gasteiger partial charge is 0.455 e. The maximum absolute atomic E-state index is 12.4. The molecule has 0 aliphatic heterocycles. The summed E-state index contributed by atoms with van der Waals surface area (Å²) in [5, 5.41) is 0. The molecule has 136 valence electrons. The lowest BCUT2D eigenvalue weighted by Crippen LogP contribution is -2.37. The van der Waals surface area contributed by atoms with Crippen LogP contribution in [-0.4, -0.2) is 36.7 Å². The molecule has 2 aromatic carbocycles. The molecule has 0 saturated carbocycles. The molecule has 0 radical (unpaired) electrons. The Labute approximate surface area is 156 Å². The molecular weight excluding hydrogens is 352 g/mol. The predicted molar refractivity (Wildman–Crippen MR) is 101 cm³/mol. The van der Waals surface area contributed by atoms with Crippen molar-refractivity contribution < 1.29 is 19.1 Å². The van der Waals surface area contributed by atoms with Crippen LogP contribution < -0.4 is 10.6 Å². The van der Waals surface area contributed by atoms with Gasteiger partial charge in [0.15, 0.2) is 6.61 Å². The summed E-state index contributed by atoms with van der Waals surface area (Å²) in [6.07, 6.45) is 0.0262. The second-order valence-corrected chi connectivity index (χ2v) is 6.41. The molecule has 0 fully saturated rings. The van der Waals surface area contributed by atoms with Crippen LogP contribution in [0.15, 0.2) is 65.6 Å². The van der Waals surface area contributed by atoms with E-state index in [1.807, 2.05) is 36.4 Å². The van der Waals surface area contributed by atoms with E-state index in [9.17, 15) is 14.4 Å². The number of ether oxygens (including phenoxy) is 1. The summed E-state index contributed by atoms with van der Waals surface area (Å²) in [6, 6.07) is 18.3. The molecule has 0 aliphatic rings. The van der Waals surface area contributed by atoms with Gasteiger partial charge in [0.1, 0.15) is 0 Å². The lowest BCUT2D eigenvalue weighted by Gasteiger charge is -2.22. The standard InChI is InChI=1S/C19H20N2O4S/c20-17(22)11-12-21(15-7-3-1-4-8-15)18(23)13-25-19(24)14-26-16-9-5-2-6-10-16/h1-10H,11-14H2,(H2,20,22). The number of nitrogens with zero attached hydrogens (tertiary/aromatic N) is 1. The highest BCUT2D eigenvalue weighted by Crippen LogP contribution is 2.17. The van der Waals surface area contributed by atoms with Crippen molar-refractivity contribution in [2.24, 2.45) is 5.73 Å². The van der Waals surface area contributed by atoms with Crippen molar-refractivity contribution in [1.29, 1.82) is 0 Å². The summed E-state index contributed by atoms with van der Waals surface area (Å²) in [5.74, 6) is -1.27. The Morgan fingerprint density at radius 1 is 0.962 bits per heavy atom. The highest BCUT2D eigenvalue weighted by molar-refractivity contribution is 8.00. The molecule has 7 heteroatoms. The summed E-state index contributed by atoms with van der Waals surface area (Å²) >= 11 is 1.34. The molecular formula is C19H20N2O4S. The topological polar surface area (TPSA) is 89.7 Å². The minimum atomic E-state index is -0.505. The molecule has 0 heterocycles. The van der Waals surface area contributed by atoms with Crippen LogP contribution >= 0.6 is 11.8 Å². The lowest BCUT2D eigenvalue weighted by molar-refractivity contribution is -0.145. The van der Waals surface area contributed by atoms with Gasteiger partial charge in [-0.1, -0.05) is 36.4 Å². The van der Waals surface area contributed by atoms with Crippen molar-refractivity contribution in [2.45, 2.75) is 11.3 Å². The quantitative estimate of drug-likeness (QED) is 0.538. The van der Waals surface area contributed by atoms with E-state index in [-0.39, 0.29) is 25.3 Å². The monoisotopic (exact) mass is 372 g/mol. The third-order valence-electron chi connectivity index (χ3n) is 3.41. The van der Waals surface area contributed by atoms with E-state index in [0.29, 0.717) is 5.69 Å². The van der Waals surface area contributed by atoms with Gasteiger partial charge in [-0.2, -0.15) is 0 Å². The highest BCUT2D eigenvalue weighted by Gasteiger charge is 2.18. The van der Waals surface area contributed by atoms with Crippen LogP contribution in [0.3, 0.4) is 0 Å². The van der Waals surface area contributed by atoms with E-state index in [2.05, 4.69) is 0 Å². The molecule has 2 aromatic rings. The average Bonchev–Trinajstić information content (AvgIpc) is 2.66. The van der Waals surface area contributed by atoms with Crippen LogP contribution in [0.25, 0.3) is 0 Å². The first-order valence-corrected chi connectivity index (χ1v) is 9.02. The first kappa shape index (κ1) is 19.5. The maximum Gasteiger partial charge on any atom is 0.316 e. The van der Waals surface area contributed by atoms with Crippen molar-refractivity contribution in [2.75, 3.05) is 23.8 Å².